The van der Waals surface area contributed by atoms with E-state index in [9.17, 15) is 4.79 Å². The summed E-state index contributed by atoms with van der Waals surface area (Å²) < 4.78 is 9.07. The van der Waals surface area contributed by atoms with Gasteiger partial charge in [-0.05, 0) is 65.9 Å². The minimum atomic E-state index is -0.122. The number of nitrogens with one attached hydrogen (secondary N) is 1. The molecule has 3 aromatic carbocycles. The van der Waals surface area contributed by atoms with Gasteiger partial charge in [0.2, 0.25) is 11.1 Å². The maximum Gasteiger partial charge on any atom is 0.234 e. The highest BCUT2D eigenvalue weighted by atomic mass is 32.2. The number of fused-ring (bicyclic) bond motifs is 3. The molecule has 5 rings (SSSR count). The van der Waals surface area contributed by atoms with E-state index >= 15 is 0 Å². The van der Waals surface area contributed by atoms with Gasteiger partial charge in [0.25, 0.3) is 0 Å². The van der Waals surface area contributed by atoms with E-state index in [4.69, 9.17) is 4.74 Å². The molecule has 0 saturated heterocycles. The molecule has 0 spiro atoms. The van der Waals surface area contributed by atoms with Crippen molar-refractivity contribution in [3.8, 4) is 11.4 Å². The number of thioether (sulfide) groups is 1. The largest absolute Gasteiger partial charge is 0.497 e. The molecule has 8 nitrogen and oxygen atoms in total. The maximum absolute atomic E-state index is 12.7. The van der Waals surface area contributed by atoms with Crippen molar-refractivity contribution in [3.05, 3.63) is 66.7 Å². The highest BCUT2D eigenvalue weighted by molar-refractivity contribution is 7.99. The summed E-state index contributed by atoms with van der Waals surface area (Å²) >= 11 is 1.28. The van der Waals surface area contributed by atoms with Crippen molar-refractivity contribution in [1.29, 1.82) is 0 Å². The SMILES string of the molecule is CCn1c2ccccc2c2cc(NC(=O)CSc3nnnn3-c3ccc(OC)cc3)ccc21. The van der Waals surface area contributed by atoms with Gasteiger partial charge in [-0.3, -0.25) is 4.79 Å². The van der Waals surface area contributed by atoms with Gasteiger partial charge in [0.15, 0.2) is 0 Å². The Labute approximate surface area is 194 Å². The fraction of sp³-hybridized carbons (Fsp3) is 0.167. The molecule has 2 aromatic heterocycles. The van der Waals surface area contributed by atoms with Crippen molar-refractivity contribution < 1.29 is 9.53 Å². The molecule has 0 fully saturated rings. The second-order valence-electron chi connectivity index (χ2n) is 7.40. The Balaban J connectivity index is 1.31. The monoisotopic (exact) mass is 458 g/mol. The molecule has 0 atom stereocenters. The van der Waals surface area contributed by atoms with Crippen LogP contribution in [-0.4, -0.2) is 43.5 Å². The summed E-state index contributed by atoms with van der Waals surface area (Å²) in [5.74, 6) is 0.813. The molecule has 0 aliphatic heterocycles. The van der Waals surface area contributed by atoms with E-state index in [0.29, 0.717) is 5.16 Å². The number of tetrazole rings is 1. The Bertz CT molecular complexity index is 1440. The number of anilines is 1. The molecule has 0 bridgehead atoms. The second-order valence-corrected chi connectivity index (χ2v) is 8.34. The van der Waals surface area contributed by atoms with E-state index in [1.54, 1.807) is 11.8 Å². The van der Waals surface area contributed by atoms with Gasteiger partial charge in [0.05, 0.1) is 18.6 Å². The molecule has 2 heterocycles. The van der Waals surface area contributed by atoms with Crippen LogP contribution in [0.5, 0.6) is 5.75 Å². The first-order chi connectivity index (χ1) is 16.2. The maximum atomic E-state index is 12.7. The van der Waals surface area contributed by atoms with Gasteiger partial charge in [0.1, 0.15) is 5.75 Å². The fourth-order valence-electron chi connectivity index (χ4n) is 3.95. The zero-order chi connectivity index (χ0) is 22.8. The molecule has 166 valence electrons. The van der Waals surface area contributed by atoms with Crippen LogP contribution < -0.4 is 10.1 Å². The first kappa shape index (κ1) is 21.0. The minimum absolute atomic E-state index is 0.122. The van der Waals surface area contributed by atoms with E-state index in [-0.39, 0.29) is 11.7 Å². The lowest BCUT2D eigenvalue weighted by Gasteiger charge is -2.07. The summed E-state index contributed by atoms with van der Waals surface area (Å²) in [6.45, 7) is 3.02. The Morgan fingerprint density at radius 3 is 2.61 bits per heavy atom. The number of aromatic nitrogens is 5. The van der Waals surface area contributed by atoms with Gasteiger partial charge >= 0.3 is 0 Å². The molecular formula is C24H22N6O2S. The third kappa shape index (κ3) is 4.03. The minimum Gasteiger partial charge on any atom is -0.497 e. The molecule has 1 N–H and O–H groups in total. The van der Waals surface area contributed by atoms with Gasteiger partial charge in [-0.25, -0.2) is 0 Å². The number of nitrogens with zero attached hydrogens (tertiary/aromatic N) is 5. The lowest BCUT2D eigenvalue weighted by atomic mass is 10.1. The van der Waals surface area contributed by atoms with Gasteiger partial charge in [-0.1, -0.05) is 30.0 Å². The smallest absolute Gasteiger partial charge is 0.234 e. The van der Waals surface area contributed by atoms with Crippen LogP contribution in [0.15, 0.2) is 71.9 Å². The number of hydrogen-bond acceptors (Lipinski definition) is 6. The number of hydrogen-bond donors (Lipinski definition) is 1. The zero-order valence-electron chi connectivity index (χ0n) is 18.2. The number of aryl methyl sites for hydroxylation is 1. The van der Waals surface area contributed by atoms with Crippen LogP contribution in [-0.2, 0) is 11.3 Å². The Morgan fingerprint density at radius 1 is 1.03 bits per heavy atom. The molecule has 0 saturated carbocycles. The summed E-state index contributed by atoms with van der Waals surface area (Å²) in [6, 6.07) is 21.8. The summed E-state index contributed by atoms with van der Waals surface area (Å²) in [7, 11) is 1.62. The first-order valence-electron chi connectivity index (χ1n) is 10.5. The molecular weight excluding hydrogens is 436 g/mol. The van der Waals surface area contributed by atoms with Crippen molar-refractivity contribution in [2.75, 3.05) is 18.2 Å². The van der Waals surface area contributed by atoms with E-state index in [0.717, 1.165) is 34.6 Å². The second kappa shape index (κ2) is 8.95. The van der Waals surface area contributed by atoms with Crippen LogP contribution in [0.1, 0.15) is 6.92 Å². The molecule has 0 aliphatic carbocycles. The average molecular weight is 459 g/mol. The van der Waals surface area contributed by atoms with Crippen molar-refractivity contribution >= 4 is 45.2 Å². The highest BCUT2D eigenvalue weighted by Crippen LogP contribution is 2.31. The van der Waals surface area contributed by atoms with Crippen LogP contribution in [0, 0.1) is 0 Å². The molecule has 0 radical (unpaired) electrons. The van der Waals surface area contributed by atoms with Crippen molar-refractivity contribution in [1.82, 2.24) is 24.8 Å². The van der Waals surface area contributed by atoms with Gasteiger partial charge < -0.3 is 14.6 Å². The van der Waals surface area contributed by atoms with Crippen LogP contribution in [0.3, 0.4) is 0 Å². The molecule has 1 amide bonds. The number of methoxy groups -OCH3 is 1. The highest BCUT2D eigenvalue weighted by Gasteiger charge is 2.14. The van der Waals surface area contributed by atoms with E-state index < -0.39 is 0 Å². The van der Waals surface area contributed by atoms with Crippen molar-refractivity contribution in [3.63, 3.8) is 0 Å². The van der Waals surface area contributed by atoms with Crippen LogP contribution >= 0.6 is 11.8 Å². The normalized spacial score (nSPS) is 11.2. The van der Waals surface area contributed by atoms with Gasteiger partial charge in [0, 0.05) is 34.0 Å². The van der Waals surface area contributed by atoms with Crippen molar-refractivity contribution in [2.24, 2.45) is 0 Å². The predicted octanol–water partition coefficient (Wildman–Crippen LogP) is 4.53. The number of carbonyl (C=O) groups is 1. The lowest BCUT2D eigenvalue weighted by Crippen LogP contribution is -2.14. The number of amides is 1. The van der Waals surface area contributed by atoms with Gasteiger partial charge in [-0.15, -0.1) is 5.10 Å². The van der Waals surface area contributed by atoms with Crippen LogP contribution in [0.25, 0.3) is 27.5 Å². The number of rotatable bonds is 7. The van der Waals surface area contributed by atoms with Gasteiger partial charge in [-0.2, -0.15) is 4.68 Å². The van der Waals surface area contributed by atoms with E-state index in [1.165, 1.54) is 22.7 Å². The molecule has 0 aliphatic rings. The Morgan fingerprint density at radius 2 is 1.82 bits per heavy atom. The van der Waals surface area contributed by atoms with Crippen LogP contribution in [0.2, 0.25) is 0 Å². The lowest BCUT2D eigenvalue weighted by molar-refractivity contribution is -0.113. The Hall–Kier alpha value is -3.85. The van der Waals surface area contributed by atoms with E-state index in [2.05, 4.69) is 50.5 Å². The topological polar surface area (TPSA) is 86.9 Å². The molecule has 9 heteroatoms. The van der Waals surface area contributed by atoms with Crippen LogP contribution in [0.4, 0.5) is 5.69 Å². The fourth-order valence-corrected chi connectivity index (χ4v) is 4.64. The molecule has 0 unspecified atom stereocenters. The number of benzene rings is 3. The zero-order valence-corrected chi connectivity index (χ0v) is 19.0. The molecule has 33 heavy (non-hydrogen) atoms. The standard InChI is InChI=1S/C24H22N6O2S/c1-3-29-21-7-5-4-6-19(21)20-14-16(8-13-22(20)29)25-23(31)15-33-24-26-27-28-30(24)17-9-11-18(32-2)12-10-17/h4-14H,3,15H2,1-2H3,(H,25,31). The Kier molecular flexibility index (Phi) is 5.70. The quantitative estimate of drug-likeness (QED) is 0.361. The number of ether oxygens (including phenoxy) is 1. The average Bonchev–Trinajstić information content (AvgIpc) is 3.45. The number of carbonyl (C=O) groups excluding carboxylic acids is 1. The first-order valence-corrected chi connectivity index (χ1v) is 11.5. The third-order valence-electron chi connectivity index (χ3n) is 5.46. The van der Waals surface area contributed by atoms with E-state index in [1.807, 2.05) is 48.5 Å². The number of para-hydroxylation sites is 1. The summed E-state index contributed by atoms with van der Waals surface area (Å²) in [6.07, 6.45) is 0. The summed E-state index contributed by atoms with van der Waals surface area (Å²) in [4.78, 5) is 12.7. The predicted molar refractivity (Wildman–Crippen MR) is 130 cm³/mol. The third-order valence-corrected chi connectivity index (χ3v) is 6.38. The molecule has 5 aromatic rings. The van der Waals surface area contributed by atoms with Crippen molar-refractivity contribution in [2.45, 2.75) is 18.6 Å². The summed E-state index contributed by atoms with van der Waals surface area (Å²) in [5.41, 5.74) is 3.91. The summed E-state index contributed by atoms with van der Waals surface area (Å²) in [5, 5.41) is 17.7.